The summed E-state index contributed by atoms with van der Waals surface area (Å²) in [5.41, 5.74) is 0.950. The van der Waals surface area contributed by atoms with Crippen LogP contribution in [0.1, 0.15) is 16.1 Å². The minimum atomic E-state index is -4.45. The molecule has 4 aromatic rings. The maximum absolute atomic E-state index is 12.9. The Bertz CT molecular complexity index is 1130. The predicted molar refractivity (Wildman–Crippen MR) is 95.4 cm³/mol. The zero-order valence-corrected chi connectivity index (χ0v) is 13.8. The maximum atomic E-state index is 12.9. The monoisotopic (exact) mass is 370 g/mol. The van der Waals surface area contributed by atoms with Gasteiger partial charge in [0.1, 0.15) is 5.76 Å². The van der Waals surface area contributed by atoms with Crippen molar-refractivity contribution in [2.75, 3.05) is 5.32 Å². The van der Waals surface area contributed by atoms with E-state index in [1.165, 1.54) is 24.3 Å². The van der Waals surface area contributed by atoms with E-state index in [0.717, 1.165) is 23.0 Å². The summed E-state index contributed by atoms with van der Waals surface area (Å²) in [6.07, 6.45) is -2.68. The highest BCUT2D eigenvalue weighted by Gasteiger charge is 2.30. The number of alkyl halides is 3. The average molecular weight is 370 g/mol. The third-order valence-electron chi connectivity index (χ3n) is 4.15. The van der Waals surface area contributed by atoms with Crippen molar-refractivity contribution in [1.29, 1.82) is 0 Å². The molecule has 0 unspecified atom stereocenters. The number of fused-ring (bicyclic) bond motifs is 1. The van der Waals surface area contributed by atoms with Gasteiger partial charge in [-0.1, -0.05) is 18.2 Å². The molecule has 1 amide bonds. The Morgan fingerprint density at radius 2 is 1.81 bits per heavy atom. The van der Waals surface area contributed by atoms with Gasteiger partial charge in [0.15, 0.2) is 5.76 Å². The highest BCUT2D eigenvalue weighted by Crippen LogP contribution is 2.33. The third kappa shape index (κ3) is 3.31. The van der Waals surface area contributed by atoms with E-state index in [-0.39, 0.29) is 17.1 Å². The number of benzene rings is 2. The minimum absolute atomic E-state index is 0.00921. The smallest absolute Gasteiger partial charge is 0.416 e. The molecule has 0 fully saturated rings. The van der Waals surface area contributed by atoms with Gasteiger partial charge in [-0.2, -0.15) is 13.2 Å². The number of anilines is 1. The van der Waals surface area contributed by atoms with Gasteiger partial charge in [0.2, 0.25) is 0 Å². The van der Waals surface area contributed by atoms with Crippen molar-refractivity contribution in [3.63, 3.8) is 0 Å². The van der Waals surface area contributed by atoms with E-state index < -0.39 is 17.6 Å². The van der Waals surface area contributed by atoms with Crippen LogP contribution in [0.5, 0.6) is 0 Å². The van der Waals surface area contributed by atoms with Crippen LogP contribution in [-0.2, 0) is 6.18 Å². The van der Waals surface area contributed by atoms with E-state index in [4.69, 9.17) is 4.42 Å². The van der Waals surface area contributed by atoms with Crippen LogP contribution in [0.2, 0.25) is 0 Å². The Morgan fingerprint density at radius 3 is 2.63 bits per heavy atom. The standard InChI is InChI=1S/C20H13F3N2O2/c21-20(22,23)13-4-1-3-12(11-13)17-7-8-18(27-17)19(26)25-16-6-2-5-15-14(16)9-10-24-15/h1-11,24H,(H,25,26). The average Bonchev–Trinajstić information content (AvgIpc) is 3.31. The van der Waals surface area contributed by atoms with Crippen molar-refractivity contribution in [2.24, 2.45) is 0 Å². The van der Waals surface area contributed by atoms with Crippen molar-refractivity contribution in [2.45, 2.75) is 6.18 Å². The van der Waals surface area contributed by atoms with Crippen LogP contribution in [0.15, 0.2) is 71.3 Å². The first kappa shape index (κ1) is 17.0. The maximum Gasteiger partial charge on any atom is 0.416 e. The fourth-order valence-electron chi connectivity index (χ4n) is 2.84. The van der Waals surface area contributed by atoms with Gasteiger partial charge in [0, 0.05) is 22.7 Å². The normalized spacial score (nSPS) is 11.7. The summed E-state index contributed by atoms with van der Waals surface area (Å²) >= 11 is 0. The van der Waals surface area contributed by atoms with E-state index in [2.05, 4.69) is 10.3 Å². The lowest BCUT2D eigenvalue weighted by Gasteiger charge is -2.07. The Kier molecular flexibility index (Phi) is 3.99. The molecule has 2 heterocycles. The zero-order chi connectivity index (χ0) is 19.0. The number of nitrogens with one attached hydrogen (secondary N) is 2. The fourth-order valence-corrected chi connectivity index (χ4v) is 2.84. The molecule has 0 saturated heterocycles. The van der Waals surface area contributed by atoms with E-state index in [0.29, 0.717) is 5.69 Å². The topological polar surface area (TPSA) is 58.0 Å². The van der Waals surface area contributed by atoms with Crippen molar-refractivity contribution < 1.29 is 22.4 Å². The van der Waals surface area contributed by atoms with Gasteiger partial charge in [-0.15, -0.1) is 0 Å². The SMILES string of the molecule is O=C(Nc1cccc2[nH]ccc12)c1ccc(-c2cccc(C(F)(F)F)c2)o1. The number of H-pyrrole nitrogens is 1. The molecule has 2 N–H and O–H groups in total. The molecule has 0 aliphatic heterocycles. The van der Waals surface area contributed by atoms with Crippen LogP contribution in [0, 0.1) is 0 Å². The molecular weight excluding hydrogens is 357 g/mol. The lowest BCUT2D eigenvalue weighted by atomic mass is 10.1. The van der Waals surface area contributed by atoms with E-state index in [1.807, 2.05) is 12.1 Å². The number of furan rings is 1. The molecule has 0 bridgehead atoms. The largest absolute Gasteiger partial charge is 0.451 e. The summed E-state index contributed by atoms with van der Waals surface area (Å²) in [4.78, 5) is 15.5. The van der Waals surface area contributed by atoms with Crippen molar-refractivity contribution in [3.8, 4) is 11.3 Å². The van der Waals surface area contributed by atoms with E-state index in [1.54, 1.807) is 18.3 Å². The van der Waals surface area contributed by atoms with E-state index >= 15 is 0 Å². The van der Waals surface area contributed by atoms with Crippen molar-refractivity contribution in [1.82, 2.24) is 4.98 Å². The summed E-state index contributed by atoms with van der Waals surface area (Å²) in [5, 5.41) is 3.60. The van der Waals surface area contributed by atoms with Crippen LogP contribution >= 0.6 is 0 Å². The number of aromatic nitrogens is 1. The molecule has 2 aromatic carbocycles. The number of hydrogen-bond donors (Lipinski definition) is 2. The zero-order valence-electron chi connectivity index (χ0n) is 13.8. The quantitative estimate of drug-likeness (QED) is 0.486. The van der Waals surface area contributed by atoms with Gasteiger partial charge in [0.25, 0.3) is 5.91 Å². The Morgan fingerprint density at radius 1 is 1.00 bits per heavy atom. The minimum Gasteiger partial charge on any atom is -0.451 e. The van der Waals surface area contributed by atoms with Gasteiger partial charge in [-0.25, -0.2) is 0 Å². The molecule has 0 radical (unpaired) electrons. The Hall–Kier alpha value is -3.48. The molecule has 27 heavy (non-hydrogen) atoms. The number of rotatable bonds is 3. The van der Waals surface area contributed by atoms with Gasteiger partial charge in [-0.05, 0) is 42.5 Å². The highest BCUT2D eigenvalue weighted by molar-refractivity contribution is 6.07. The molecule has 0 spiro atoms. The van der Waals surface area contributed by atoms with Gasteiger partial charge < -0.3 is 14.7 Å². The van der Waals surface area contributed by atoms with Gasteiger partial charge in [-0.3, -0.25) is 4.79 Å². The summed E-state index contributed by atoms with van der Waals surface area (Å²) in [6.45, 7) is 0. The molecule has 0 saturated carbocycles. The summed E-state index contributed by atoms with van der Waals surface area (Å²) < 4.78 is 44.1. The molecule has 0 aliphatic carbocycles. The third-order valence-corrected chi connectivity index (χ3v) is 4.15. The highest BCUT2D eigenvalue weighted by atomic mass is 19.4. The van der Waals surface area contributed by atoms with Crippen LogP contribution in [-0.4, -0.2) is 10.9 Å². The van der Waals surface area contributed by atoms with Crippen LogP contribution in [0.3, 0.4) is 0 Å². The number of carbonyl (C=O) groups is 1. The van der Waals surface area contributed by atoms with Crippen LogP contribution in [0.25, 0.3) is 22.2 Å². The summed E-state index contributed by atoms with van der Waals surface area (Å²) in [6, 6.07) is 14.9. The summed E-state index contributed by atoms with van der Waals surface area (Å²) in [7, 11) is 0. The van der Waals surface area contributed by atoms with Crippen molar-refractivity contribution >= 4 is 22.5 Å². The molecule has 4 nitrogen and oxygen atoms in total. The Labute approximate surface area is 151 Å². The first-order chi connectivity index (χ1) is 12.9. The number of halogens is 3. The van der Waals surface area contributed by atoms with Crippen LogP contribution < -0.4 is 5.32 Å². The molecule has 4 rings (SSSR count). The first-order valence-electron chi connectivity index (χ1n) is 8.07. The van der Waals surface area contributed by atoms with Gasteiger partial charge in [0.05, 0.1) is 11.3 Å². The van der Waals surface area contributed by atoms with E-state index in [9.17, 15) is 18.0 Å². The second kappa shape index (κ2) is 6.35. The van der Waals surface area contributed by atoms with Gasteiger partial charge >= 0.3 is 6.18 Å². The van der Waals surface area contributed by atoms with Crippen LogP contribution in [0.4, 0.5) is 18.9 Å². The molecule has 0 aliphatic rings. The lowest BCUT2D eigenvalue weighted by Crippen LogP contribution is -2.10. The fraction of sp³-hybridized carbons (Fsp3) is 0.0500. The molecule has 7 heteroatoms. The number of aromatic amines is 1. The molecule has 0 atom stereocenters. The molecule has 2 aromatic heterocycles. The first-order valence-corrected chi connectivity index (χ1v) is 8.07. The lowest BCUT2D eigenvalue weighted by molar-refractivity contribution is -0.137. The molecule has 136 valence electrons. The predicted octanol–water partition coefficient (Wildman–Crippen LogP) is 5.70. The Balaban J connectivity index is 1.59. The molecular formula is C20H13F3N2O2. The second-order valence-electron chi connectivity index (χ2n) is 5.94. The number of carbonyl (C=O) groups excluding carboxylic acids is 1. The summed E-state index contributed by atoms with van der Waals surface area (Å²) in [5.74, 6) is -0.289. The second-order valence-corrected chi connectivity index (χ2v) is 5.94. The number of hydrogen-bond acceptors (Lipinski definition) is 2. The number of amides is 1. The van der Waals surface area contributed by atoms with Crippen molar-refractivity contribution in [3.05, 3.63) is 78.2 Å².